The average molecular weight is 270 g/mol. The Bertz CT molecular complexity index is 330. The molecule has 4 heteroatoms. The lowest BCUT2D eigenvalue weighted by atomic mass is 9.95. The number of carbonyl (C=O) groups is 2. The topological polar surface area (TPSA) is 40.6 Å². The van der Waals surface area contributed by atoms with Gasteiger partial charge in [0.15, 0.2) is 0 Å². The van der Waals surface area contributed by atoms with E-state index in [1.165, 1.54) is 0 Å². The molecule has 4 nitrogen and oxygen atoms in total. The largest absolute Gasteiger partial charge is 0.341 e. The molecule has 0 atom stereocenters. The van der Waals surface area contributed by atoms with E-state index in [0.717, 1.165) is 12.8 Å². The van der Waals surface area contributed by atoms with Crippen LogP contribution in [0.4, 0.5) is 0 Å². The number of hydrogen-bond donors (Lipinski definition) is 0. The maximum absolute atomic E-state index is 12.0. The lowest BCUT2D eigenvalue weighted by Crippen LogP contribution is -2.44. The Kier molecular flexibility index (Phi) is 6.04. The van der Waals surface area contributed by atoms with E-state index in [2.05, 4.69) is 0 Å². The van der Waals surface area contributed by atoms with E-state index >= 15 is 0 Å². The summed E-state index contributed by atoms with van der Waals surface area (Å²) in [5, 5.41) is 0. The molecular weight excluding hydrogens is 240 g/mol. The molecule has 0 spiro atoms. The predicted molar refractivity (Wildman–Crippen MR) is 78.9 cm³/mol. The molecule has 0 bridgehead atoms. The third-order valence-electron chi connectivity index (χ3n) is 3.94. The zero-order chi connectivity index (χ0) is 15.4. The van der Waals surface area contributed by atoms with Crippen LogP contribution in [0.2, 0.25) is 0 Å². The summed E-state index contributed by atoms with van der Waals surface area (Å²) in [6, 6.07) is 0. The van der Waals surface area contributed by atoms with Crippen LogP contribution in [-0.4, -0.2) is 46.8 Å². The summed E-state index contributed by atoms with van der Waals surface area (Å²) >= 11 is 0. The van der Waals surface area contributed by atoms with Crippen molar-refractivity contribution in [2.45, 2.75) is 71.9 Å². The Morgan fingerprint density at radius 3 is 1.79 bits per heavy atom. The molecule has 0 aromatic heterocycles. The monoisotopic (exact) mass is 270 g/mol. The summed E-state index contributed by atoms with van der Waals surface area (Å²) in [6.07, 6.45) is 2.15. The lowest BCUT2D eigenvalue weighted by molar-refractivity contribution is -0.134. The molecular formula is C15H30N2O2. The van der Waals surface area contributed by atoms with E-state index in [0.29, 0.717) is 6.42 Å². The van der Waals surface area contributed by atoms with Crippen molar-refractivity contribution < 1.29 is 9.59 Å². The van der Waals surface area contributed by atoms with Gasteiger partial charge in [-0.1, -0.05) is 0 Å². The van der Waals surface area contributed by atoms with Gasteiger partial charge >= 0.3 is 0 Å². The summed E-state index contributed by atoms with van der Waals surface area (Å²) in [5.74, 6) is 0.219. The predicted octanol–water partition coefficient (Wildman–Crippen LogP) is 2.67. The quantitative estimate of drug-likeness (QED) is 0.770. The highest BCUT2D eigenvalue weighted by Gasteiger charge is 2.26. The van der Waals surface area contributed by atoms with Crippen molar-refractivity contribution in [2.75, 3.05) is 14.1 Å². The average Bonchev–Trinajstić information content (AvgIpc) is 2.25. The van der Waals surface area contributed by atoms with Gasteiger partial charge in [0.2, 0.25) is 11.8 Å². The maximum atomic E-state index is 12.0. The zero-order valence-electron chi connectivity index (χ0n) is 13.8. The van der Waals surface area contributed by atoms with Gasteiger partial charge in [0.25, 0.3) is 0 Å². The molecule has 0 saturated heterocycles. The van der Waals surface area contributed by atoms with Crippen molar-refractivity contribution in [3.63, 3.8) is 0 Å². The summed E-state index contributed by atoms with van der Waals surface area (Å²) in [5.41, 5.74) is -0.338. The van der Waals surface area contributed by atoms with E-state index < -0.39 is 0 Å². The fourth-order valence-electron chi connectivity index (χ4n) is 1.81. The van der Waals surface area contributed by atoms with E-state index in [9.17, 15) is 9.59 Å². The molecule has 0 aliphatic rings. The van der Waals surface area contributed by atoms with Crippen LogP contribution in [-0.2, 0) is 9.59 Å². The summed E-state index contributed by atoms with van der Waals surface area (Å²) in [6.45, 7) is 11.7. The highest BCUT2D eigenvalue weighted by molar-refractivity contribution is 5.76. The maximum Gasteiger partial charge on any atom is 0.222 e. The minimum atomic E-state index is -0.202. The van der Waals surface area contributed by atoms with Gasteiger partial charge in [-0.05, 0) is 47.5 Å². The third kappa shape index (κ3) is 5.62. The van der Waals surface area contributed by atoms with Gasteiger partial charge in [0, 0.05) is 38.5 Å². The van der Waals surface area contributed by atoms with Gasteiger partial charge in [-0.25, -0.2) is 0 Å². The molecule has 0 fully saturated rings. The molecule has 2 amide bonds. The number of carbonyl (C=O) groups excluding carboxylic acids is 2. The van der Waals surface area contributed by atoms with E-state index in [1.54, 1.807) is 16.7 Å². The molecule has 0 aromatic carbocycles. The first-order valence-electron chi connectivity index (χ1n) is 6.90. The van der Waals surface area contributed by atoms with Gasteiger partial charge in [0.05, 0.1) is 0 Å². The van der Waals surface area contributed by atoms with E-state index in [1.807, 2.05) is 48.7 Å². The van der Waals surface area contributed by atoms with Crippen LogP contribution in [0, 0.1) is 0 Å². The Morgan fingerprint density at radius 1 is 0.947 bits per heavy atom. The minimum absolute atomic E-state index is 0.0585. The molecule has 0 aliphatic heterocycles. The van der Waals surface area contributed by atoms with Crippen molar-refractivity contribution in [3.05, 3.63) is 0 Å². The van der Waals surface area contributed by atoms with Crippen LogP contribution in [0.25, 0.3) is 0 Å². The van der Waals surface area contributed by atoms with Crippen LogP contribution < -0.4 is 0 Å². The molecule has 0 aromatic rings. The fraction of sp³-hybridized carbons (Fsp3) is 0.867. The van der Waals surface area contributed by atoms with Crippen molar-refractivity contribution in [1.82, 2.24) is 9.80 Å². The standard InChI is InChI=1S/C15H30N2O2/c1-12(18)16(7)15(5,6)11-9-10-13(19)17(8)14(2,3)4/h9-11H2,1-8H3. The Balaban J connectivity index is 4.31. The molecule has 0 heterocycles. The second-order valence-corrected chi connectivity index (χ2v) is 6.87. The molecule has 0 saturated carbocycles. The van der Waals surface area contributed by atoms with Crippen LogP contribution in [0.1, 0.15) is 60.8 Å². The second-order valence-electron chi connectivity index (χ2n) is 6.87. The molecule has 0 rings (SSSR count). The van der Waals surface area contributed by atoms with Gasteiger partial charge in [0.1, 0.15) is 0 Å². The highest BCUT2D eigenvalue weighted by Crippen LogP contribution is 2.21. The van der Waals surface area contributed by atoms with Crippen LogP contribution >= 0.6 is 0 Å². The summed E-state index contributed by atoms with van der Waals surface area (Å²) in [7, 11) is 3.65. The summed E-state index contributed by atoms with van der Waals surface area (Å²) < 4.78 is 0. The Morgan fingerprint density at radius 2 is 1.42 bits per heavy atom. The number of amides is 2. The zero-order valence-corrected chi connectivity index (χ0v) is 13.8. The summed E-state index contributed by atoms with van der Waals surface area (Å²) in [4.78, 5) is 26.9. The van der Waals surface area contributed by atoms with Crippen LogP contribution in [0.3, 0.4) is 0 Å². The van der Waals surface area contributed by atoms with Crippen molar-refractivity contribution >= 4 is 11.8 Å². The Hall–Kier alpha value is -1.06. The molecule has 0 radical (unpaired) electrons. The minimum Gasteiger partial charge on any atom is -0.341 e. The smallest absolute Gasteiger partial charge is 0.222 e. The van der Waals surface area contributed by atoms with E-state index in [-0.39, 0.29) is 22.9 Å². The second kappa shape index (κ2) is 6.40. The van der Waals surface area contributed by atoms with E-state index in [4.69, 9.17) is 0 Å². The first-order valence-corrected chi connectivity index (χ1v) is 6.90. The fourth-order valence-corrected chi connectivity index (χ4v) is 1.81. The highest BCUT2D eigenvalue weighted by atomic mass is 16.2. The number of nitrogens with zero attached hydrogens (tertiary/aromatic N) is 2. The van der Waals surface area contributed by atoms with Crippen molar-refractivity contribution in [3.8, 4) is 0 Å². The van der Waals surface area contributed by atoms with Crippen LogP contribution in [0.5, 0.6) is 0 Å². The first kappa shape index (κ1) is 17.9. The number of hydrogen-bond acceptors (Lipinski definition) is 2. The molecule has 19 heavy (non-hydrogen) atoms. The normalized spacial score (nSPS) is 12.2. The SMILES string of the molecule is CC(=O)N(C)C(C)(C)CCCC(=O)N(C)C(C)(C)C. The van der Waals surface area contributed by atoms with Crippen molar-refractivity contribution in [2.24, 2.45) is 0 Å². The van der Waals surface area contributed by atoms with Crippen molar-refractivity contribution in [1.29, 1.82) is 0 Å². The van der Waals surface area contributed by atoms with Gasteiger partial charge in [-0.3, -0.25) is 9.59 Å². The van der Waals surface area contributed by atoms with Gasteiger partial charge < -0.3 is 9.80 Å². The molecule has 0 N–H and O–H groups in total. The molecule has 0 aliphatic carbocycles. The van der Waals surface area contributed by atoms with Crippen LogP contribution in [0.15, 0.2) is 0 Å². The lowest BCUT2D eigenvalue weighted by Gasteiger charge is -2.36. The molecule has 112 valence electrons. The van der Waals surface area contributed by atoms with Gasteiger partial charge in [-0.15, -0.1) is 0 Å². The third-order valence-corrected chi connectivity index (χ3v) is 3.94. The Labute approximate surface area is 118 Å². The number of rotatable bonds is 5. The first-order chi connectivity index (χ1) is 8.39. The molecule has 0 unspecified atom stereocenters. The van der Waals surface area contributed by atoms with Gasteiger partial charge in [-0.2, -0.15) is 0 Å².